The van der Waals surface area contributed by atoms with Crippen LogP contribution in [0.5, 0.6) is 11.5 Å². The molecule has 13 nitrogen and oxygen atoms in total. The van der Waals surface area contributed by atoms with E-state index in [0.717, 1.165) is 0 Å². The lowest BCUT2D eigenvalue weighted by Gasteiger charge is -2.33. The summed E-state index contributed by atoms with van der Waals surface area (Å²) in [5, 5.41) is 12.2. The molecule has 1 aliphatic heterocycles. The fraction of sp³-hybridized carbons (Fsp3) is 0.382. The van der Waals surface area contributed by atoms with Gasteiger partial charge in [-0.2, -0.15) is 0 Å². The van der Waals surface area contributed by atoms with Gasteiger partial charge in [-0.15, -0.1) is 0 Å². The number of nitrogens with one attached hydrogen (secondary N) is 1. The number of nitrogens with zero attached hydrogens (tertiary/aromatic N) is 4. The fourth-order valence-corrected chi connectivity index (χ4v) is 5.44. The summed E-state index contributed by atoms with van der Waals surface area (Å²) in [4.78, 5) is 55.6. The number of pyridine rings is 1. The average Bonchev–Trinajstić information content (AvgIpc) is 3.53. The lowest BCUT2D eigenvalue weighted by Crippen LogP contribution is -2.43. The van der Waals surface area contributed by atoms with Gasteiger partial charge in [-0.05, 0) is 63.9 Å². The number of nitro groups is 1. The van der Waals surface area contributed by atoms with Crippen molar-refractivity contribution in [2.24, 2.45) is 7.05 Å². The van der Waals surface area contributed by atoms with E-state index in [1.54, 1.807) is 66.6 Å². The zero-order chi connectivity index (χ0) is 33.9. The predicted octanol–water partition coefficient (Wildman–Crippen LogP) is 5.72. The molecule has 0 unspecified atom stereocenters. The van der Waals surface area contributed by atoms with Gasteiger partial charge in [-0.25, -0.2) is 4.79 Å². The number of carbonyl (C=O) groups is 2. The minimum absolute atomic E-state index is 0.00987. The fourth-order valence-electron chi connectivity index (χ4n) is 5.44. The maximum atomic E-state index is 13.3. The van der Waals surface area contributed by atoms with E-state index in [2.05, 4.69) is 4.98 Å². The number of carbonyl (C=O) groups excluding carboxylic acids is 2. The SMILES string of the molecule is CN(CCOC1CCN(C(=O)OC(C)(C)C)CC1)C(=O)c1cccc(Oc2ccc([N+](=O)[O-])cc2-c2cn(C)c(=O)c3[nH]ccc23)c1. The first-order chi connectivity index (χ1) is 22.3. The summed E-state index contributed by atoms with van der Waals surface area (Å²) in [5.41, 5.74) is 0.854. The Hall–Kier alpha value is -5.17. The molecule has 4 aromatic rings. The van der Waals surface area contributed by atoms with Crippen molar-refractivity contribution < 1.29 is 28.7 Å². The molecule has 1 fully saturated rings. The molecule has 1 saturated heterocycles. The highest BCUT2D eigenvalue weighted by Crippen LogP contribution is 2.39. The summed E-state index contributed by atoms with van der Waals surface area (Å²) in [6, 6.07) is 12.7. The Morgan fingerprint density at radius 1 is 1.09 bits per heavy atom. The normalized spacial score (nSPS) is 13.9. The Kier molecular flexibility index (Phi) is 9.66. The van der Waals surface area contributed by atoms with Crippen LogP contribution in [0.15, 0.2) is 65.7 Å². The topological polar surface area (TPSA) is 149 Å². The number of rotatable bonds is 9. The van der Waals surface area contributed by atoms with E-state index >= 15 is 0 Å². The summed E-state index contributed by atoms with van der Waals surface area (Å²) < 4.78 is 19.1. The molecule has 2 aromatic carbocycles. The number of H-pyrrole nitrogens is 1. The lowest BCUT2D eigenvalue weighted by atomic mass is 10.0. The number of amides is 2. The Morgan fingerprint density at radius 2 is 1.83 bits per heavy atom. The molecule has 0 bridgehead atoms. The largest absolute Gasteiger partial charge is 0.457 e. The lowest BCUT2D eigenvalue weighted by molar-refractivity contribution is -0.384. The van der Waals surface area contributed by atoms with Gasteiger partial charge in [0.2, 0.25) is 0 Å². The molecule has 2 aromatic heterocycles. The van der Waals surface area contributed by atoms with Crippen molar-refractivity contribution >= 4 is 28.6 Å². The number of aryl methyl sites for hydroxylation is 1. The predicted molar refractivity (Wildman–Crippen MR) is 176 cm³/mol. The minimum Gasteiger partial charge on any atom is -0.457 e. The van der Waals surface area contributed by atoms with Crippen LogP contribution < -0.4 is 10.3 Å². The molecule has 2 amide bonds. The van der Waals surface area contributed by atoms with Gasteiger partial charge >= 0.3 is 6.09 Å². The number of piperidine rings is 1. The van der Waals surface area contributed by atoms with Crippen LogP contribution in [-0.2, 0) is 16.5 Å². The van der Waals surface area contributed by atoms with Crippen molar-refractivity contribution in [3.05, 3.63) is 87.0 Å². The van der Waals surface area contributed by atoms with Crippen molar-refractivity contribution in [1.29, 1.82) is 0 Å². The first-order valence-corrected chi connectivity index (χ1v) is 15.4. The second kappa shape index (κ2) is 13.7. The first-order valence-electron chi connectivity index (χ1n) is 15.4. The van der Waals surface area contributed by atoms with Crippen LogP contribution in [0.3, 0.4) is 0 Å². The van der Waals surface area contributed by atoms with Gasteiger partial charge in [0.05, 0.1) is 17.6 Å². The van der Waals surface area contributed by atoms with E-state index in [9.17, 15) is 24.5 Å². The van der Waals surface area contributed by atoms with Crippen LogP contribution >= 0.6 is 0 Å². The molecule has 3 heterocycles. The summed E-state index contributed by atoms with van der Waals surface area (Å²) in [6.45, 7) is 7.34. The van der Waals surface area contributed by atoms with Gasteiger partial charge in [-0.3, -0.25) is 19.7 Å². The molecule has 0 radical (unpaired) electrons. The molecule has 0 saturated carbocycles. The van der Waals surface area contributed by atoms with Gasteiger partial charge < -0.3 is 33.6 Å². The quantitative estimate of drug-likeness (QED) is 0.179. The third-order valence-electron chi connectivity index (χ3n) is 7.89. The van der Waals surface area contributed by atoms with Gasteiger partial charge in [0.15, 0.2) is 0 Å². The van der Waals surface area contributed by atoms with Crippen molar-refractivity contribution in [2.45, 2.75) is 45.3 Å². The van der Waals surface area contributed by atoms with Crippen molar-refractivity contribution in [3.8, 4) is 22.6 Å². The van der Waals surface area contributed by atoms with Crippen LogP contribution in [0.4, 0.5) is 10.5 Å². The van der Waals surface area contributed by atoms with E-state index < -0.39 is 10.5 Å². The molecule has 0 aliphatic carbocycles. The average molecular weight is 646 g/mol. The molecule has 0 spiro atoms. The summed E-state index contributed by atoms with van der Waals surface area (Å²) in [6.07, 6.45) is 4.31. The van der Waals surface area contributed by atoms with Crippen molar-refractivity contribution in [3.63, 3.8) is 0 Å². The Morgan fingerprint density at radius 3 is 2.53 bits per heavy atom. The number of hydrogen-bond donors (Lipinski definition) is 1. The van der Waals surface area contributed by atoms with E-state index in [1.807, 2.05) is 20.8 Å². The van der Waals surface area contributed by atoms with E-state index in [1.165, 1.54) is 22.8 Å². The van der Waals surface area contributed by atoms with Crippen LogP contribution in [0.2, 0.25) is 0 Å². The highest BCUT2D eigenvalue weighted by molar-refractivity contribution is 5.96. The Bertz CT molecular complexity index is 1850. The second-order valence-electron chi connectivity index (χ2n) is 12.6. The van der Waals surface area contributed by atoms with Crippen molar-refractivity contribution in [1.82, 2.24) is 19.4 Å². The monoisotopic (exact) mass is 645 g/mol. The minimum atomic E-state index is -0.541. The molecule has 0 atom stereocenters. The molecule has 13 heteroatoms. The number of likely N-dealkylation sites (tertiary alicyclic amines) is 1. The number of aromatic nitrogens is 2. The molecular weight excluding hydrogens is 606 g/mol. The third kappa shape index (κ3) is 7.80. The summed E-state index contributed by atoms with van der Waals surface area (Å²) >= 11 is 0. The van der Waals surface area contributed by atoms with Crippen LogP contribution in [-0.4, -0.2) is 81.3 Å². The second-order valence-corrected chi connectivity index (χ2v) is 12.6. The number of benzene rings is 2. The van der Waals surface area contributed by atoms with E-state index in [-0.39, 0.29) is 29.4 Å². The molecule has 47 heavy (non-hydrogen) atoms. The number of aromatic amines is 1. The van der Waals surface area contributed by atoms with Gasteiger partial charge in [-0.1, -0.05) is 6.07 Å². The third-order valence-corrected chi connectivity index (χ3v) is 7.89. The zero-order valence-corrected chi connectivity index (χ0v) is 27.1. The molecule has 248 valence electrons. The molecule has 1 N–H and O–H groups in total. The van der Waals surface area contributed by atoms with Gasteiger partial charge in [0, 0.05) is 80.3 Å². The maximum absolute atomic E-state index is 13.3. The summed E-state index contributed by atoms with van der Waals surface area (Å²) in [5.74, 6) is 0.457. The highest BCUT2D eigenvalue weighted by Gasteiger charge is 2.27. The standard InChI is InChI=1S/C34H39N5O8/c1-34(2,3)47-33(42)38-15-12-24(13-16-38)45-18-17-36(4)31(40)22-7-6-8-25(19-22)46-29-10-9-23(39(43)44)20-27(29)28-21-37(5)32(41)30-26(28)11-14-35-30/h6-11,14,19-21,24,35H,12-13,15-18H2,1-5H3. The number of nitro benzene ring substituents is 1. The van der Waals surface area contributed by atoms with E-state index in [0.29, 0.717) is 78.2 Å². The number of likely N-dealkylation sites (N-methyl/N-ethyl adjacent to an activating group) is 1. The molecule has 1 aliphatic rings. The first kappa shape index (κ1) is 33.2. The number of hydrogen-bond acceptors (Lipinski definition) is 8. The van der Waals surface area contributed by atoms with Crippen LogP contribution in [0.25, 0.3) is 22.0 Å². The maximum Gasteiger partial charge on any atom is 0.410 e. The highest BCUT2D eigenvalue weighted by atomic mass is 16.6. The Balaban J connectivity index is 1.24. The van der Waals surface area contributed by atoms with E-state index in [4.69, 9.17) is 14.2 Å². The number of fused-ring (bicyclic) bond motifs is 1. The molecular formula is C34H39N5O8. The molecule has 5 rings (SSSR count). The Labute approximate surface area is 271 Å². The zero-order valence-electron chi connectivity index (χ0n) is 27.1. The van der Waals surface area contributed by atoms with Crippen LogP contribution in [0, 0.1) is 10.1 Å². The smallest absolute Gasteiger partial charge is 0.410 e. The number of ether oxygens (including phenoxy) is 3. The van der Waals surface area contributed by atoms with Gasteiger partial charge in [0.1, 0.15) is 22.6 Å². The van der Waals surface area contributed by atoms with Gasteiger partial charge in [0.25, 0.3) is 17.2 Å². The summed E-state index contributed by atoms with van der Waals surface area (Å²) in [7, 11) is 3.30. The van der Waals surface area contributed by atoms with Crippen molar-refractivity contribution in [2.75, 3.05) is 33.3 Å². The number of non-ortho nitro benzene ring substituents is 1. The van der Waals surface area contributed by atoms with Crippen LogP contribution in [0.1, 0.15) is 44.0 Å².